The van der Waals surface area contributed by atoms with Crippen LogP contribution in [0.15, 0.2) is 12.3 Å². The van der Waals surface area contributed by atoms with E-state index in [0.29, 0.717) is 12.0 Å². The van der Waals surface area contributed by atoms with Crippen molar-refractivity contribution < 1.29 is 5.11 Å². The number of aromatic amines is 1. The second-order valence-corrected chi connectivity index (χ2v) is 7.64. The number of aliphatic hydroxyl groups is 1. The zero-order chi connectivity index (χ0) is 16.2. The van der Waals surface area contributed by atoms with Crippen LogP contribution < -0.4 is 0 Å². The molecule has 0 aliphatic carbocycles. The fraction of sp³-hybridized carbons (Fsp3) is 0.647. The molecule has 0 spiro atoms. The molecule has 0 saturated carbocycles. The van der Waals surface area contributed by atoms with Crippen LogP contribution in [0.25, 0.3) is 0 Å². The van der Waals surface area contributed by atoms with Gasteiger partial charge in [0, 0.05) is 35.4 Å². The summed E-state index contributed by atoms with van der Waals surface area (Å²) in [6.45, 7) is 6.73. The molecule has 2 aromatic heterocycles. The van der Waals surface area contributed by atoms with Crippen LogP contribution >= 0.6 is 11.3 Å². The van der Waals surface area contributed by atoms with Gasteiger partial charge in [-0.1, -0.05) is 6.92 Å². The highest BCUT2D eigenvalue weighted by atomic mass is 32.1. The SMILES string of the molecule is CCc1cc(C2CCN(Cc3cn[nH]n3)[C@@H](C)C2)c(CCO)s1. The zero-order valence-electron chi connectivity index (χ0n) is 14.0. The summed E-state index contributed by atoms with van der Waals surface area (Å²) in [7, 11) is 0. The fourth-order valence-electron chi connectivity index (χ4n) is 3.56. The van der Waals surface area contributed by atoms with Crippen molar-refractivity contribution in [2.24, 2.45) is 0 Å². The number of H-pyrrole nitrogens is 1. The molecule has 5 nitrogen and oxygen atoms in total. The summed E-state index contributed by atoms with van der Waals surface area (Å²) in [6.07, 6.45) is 6.05. The number of rotatable bonds is 6. The topological polar surface area (TPSA) is 65.0 Å². The van der Waals surface area contributed by atoms with Crippen molar-refractivity contribution in [3.63, 3.8) is 0 Å². The lowest BCUT2D eigenvalue weighted by atomic mass is 9.85. The van der Waals surface area contributed by atoms with Gasteiger partial charge in [-0.2, -0.15) is 15.4 Å². The third kappa shape index (κ3) is 3.82. The number of nitrogens with one attached hydrogen (secondary N) is 1. The summed E-state index contributed by atoms with van der Waals surface area (Å²) in [5.41, 5.74) is 2.51. The second-order valence-electron chi connectivity index (χ2n) is 6.42. The van der Waals surface area contributed by atoms with E-state index in [1.54, 1.807) is 0 Å². The molecule has 2 aromatic rings. The van der Waals surface area contributed by atoms with Gasteiger partial charge in [0.15, 0.2) is 0 Å². The molecule has 1 fully saturated rings. The van der Waals surface area contributed by atoms with Gasteiger partial charge in [-0.25, -0.2) is 0 Å². The van der Waals surface area contributed by atoms with Crippen LogP contribution in [-0.2, 0) is 19.4 Å². The predicted molar refractivity (Wildman–Crippen MR) is 92.7 cm³/mol. The van der Waals surface area contributed by atoms with Crippen molar-refractivity contribution in [2.75, 3.05) is 13.2 Å². The first-order valence-electron chi connectivity index (χ1n) is 8.52. The standard InChI is InChI=1S/C17H26N4OS/c1-3-15-9-16(17(23-15)5-7-22)13-4-6-21(12(2)8-13)11-14-10-18-20-19-14/h9-10,12-13,22H,3-8,11H2,1-2H3,(H,18,19,20)/t12-,13?/m0/s1. The van der Waals surface area contributed by atoms with Gasteiger partial charge >= 0.3 is 0 Å². The molecular formula is C17H26N4OS. The van der Waals surface area contributed by atoms with Crippen molar-refractivity contribution in [1.29, 1.82) is 0 Å². The van der Waals surface area contributed by atoms with E-state index in [-0.39, 0.29) is 6.61 Å². The summed E-state index contributed by atoms with van der Waals surface area (Å²) >= 11 is 1.89. The maximum Gasteiger partial charge on any atom is 0.0964 e. The van der Waals surface area contributed by atoms with Crippen LogP contribution in [0.5, 0.6) is 0 Å². The smallest absolute Gasteiger partial charge is 0.0964 e. The Hall–Kier alpha value is -1.24. The Morgan fingerprint density at radius 3 is 3.00 bits per heavy atom. The molecule has 1 aliphatic rings. The Kier molecular flexibility index (Phi) is 5.46. The van der Waals surface area contributed by atoms with E-state index in [2.05, 4.69) is 40.2 Å². The quantitative estimate of drug-likeness (QED) is 0.852. The molecule has 126 valence electrons. The molecule has 0 bridgehead atoms. The molecular weight excluding hydrogens is 308 g/mol. The molecule has 1 aliphatic heterocycles. The average Bonchev–Trinajstić information content (AvgIpc) is 3.19. The van der Waals surface area contributed by atoms with Gasteiger partial charge in [0.2, 0.25) is 0 Å². The van der Waals surface area contributed by atoms with E-state index in [0.717, 1.165) is 31.6 Å². The van der Waals surface area contributed by atoms with Gasteiger partial charge in [0.25, 0.3) is 0 Å². The molecule has 0 radical (unpaired) electrons. The molecule has 2 atom stereocenters. The van der Waals surface area contributed by atoms with Gasteiger partial charge in [0.1, 0.15) is 0 Å². The zero-order valence-corrected chi connectivity index (χ0v) is 14.8. The van der Waals surface area contributed by atoms with Crippen molar-refractivity contribution in [3.8, 4) is 0 Å². The van der Waals surface area contributed by atoms with E-state index in [1.807, 2.05) is 17.5 Å². The number of nitrogens with zero attached hydrogens (tertiary/aromatic N) is 3. The van der Waals surface area contributed by atoms with E-state index in [1.165, 1.54) is 28.2 Å². The first kappa shape index (κ1) is 16.6. The lowest BCUT2D eigenvalue weighted by molar-refractivity contribution is 0.137. The van der Waals surface area contributed by atoms with Crippen molar-refractivity contribution in [1.82, 2.24) is 20.3 Å². The highest BCUT2D eigenvalue weighted by molar-refractivity contribution is 7.12. The molecule has 1 saturated heterocycles. The molecule has 0 amide bonds. The summed E-state index contributed by atoms with van der Waals surface area (Å²) in [6, 6.07) is 2.93. The highest BCUT2D eigenvalue weighted by Crippen LogP contribution is 2.37. The largest absolute Gasteiger partial charge is 0.396 e. The Morgan fingerprint density at radius 1 is 1.48 bits per heavy atom. The third-order valence-corrected chi connectivity index (χ3v) is 6.22. The van der Waals surface area contributed by atoms with Gasteiger partial charge < -0.3 is 5.11 Å². The van der Waals surface area contributed by atoms with Crippen molar-refractivity contribution in [2.45, 2.75) is 58.0 Å². The van der Waals surface area contributed by atoms with Crippen molar-refractivity contribution in [3.05, 3.63) is 33.3 Å². The minimum Gasteiger partial charge on any atom is -0.396 e. The minimum absolute atomic E-state index is 0.247. The predicted octanol–water partition coefficient (Wildman–Crippen LogP) is 2.73. The summed E-state index contributed by atoms with van der Waals surface area (Å²) in [4.78, 5) is 5.33. The molecule has 2 N–H and O–H groups in total. The fourth-order valence-corrected chi connectivity index (χ4v) is 4.75. The Morgan fingerprint density at radius 2 is 2.35 bits per heavy atom. The van der Waals surface area contributed by atoms with E-state index >= 15 is 0 Å². The summed E-state index contributed by atoms with van der Waals surface area (Å²) < 4.78 is 0. The maximum atomic E-state index is 9.34. The molecule has 3 heterocycles. The lowest BCUT2D eigenvalue weighted by Gasteiger charge is -2.37. The minimum atomic E-state index is 0.247. The Bertz CT molecular complexity index is 610. The number of thiophene rings is 1. The van der Waals surface area contributed by atoms with Crippen molar-refractivity contribution >= 4 is 11.3 Å². The van der Waals surface area contributed by atoms with Gasteiger partial charge in [-0.05, 0) is 50.3 Å². The Balaban J connectivity index is 1.68. The average molecular weight is 334 g/mol. The molecule has 0 aromatic carbocycles. The van der Waals surface area contributed by atoms with Crippen LogP contribution in [0.4, 0.5) is 0 Å². The van der Waals surface area contributed by atoms with Gasteiger partial charge in [-0.3, -0.25) is 4.90 Å². The second kappa shape index (κ2) is 7.55. The highest BCUT2D eigenvalue weighted by Gasteiger charge is 2.29. The van der Waals surface area contributed by atoms with Crippen LogP contribution in [0, 0.1) is 0 Å². The number of aromatic nitrogens is 3. The van der Waals surface area contributed by atoms with Crippen LogP contribution in [0.3, 0.4) is 0 Å². The molecule has 1 unspecified atom stereocenters. The van der Waals surface area contributed by atoms with E-state index in [9.17, 15) is 5.11 Å². The molecule has 6 heteroatoms. The first-order chi connectivity index (χ1) is 11.2. The summed E-state index contributed by atoms with van der Waals surface area (Å²) in [5, 5.41) is 20.1. The number of hydrogen-bond donors (Lipinski definition) is 2. The maximum absolute atomic E-state index is 9.34. The normalized spacial score (nSPS) is 22.6. The van der Waals surface area contributed by atoms with E-state index < -0.39 is 0 Å². The first-order valence-corrected chi connectivity index (χ1v) is 9.34. The number of aliphatic hydroxyl groups excluding tert-OH is 1. The van der Waals surface area contributed by atoms with Gasteiger partial charge in [0.05, 0.1) is 11.9 Å². The number of aryl methyl sites for hydroxylation is 1. The monoisotopic (exact) mass is 334 g/mol. The molecule has 23 heavy (non-hydrogen) atoms. The third-order valence-electron chi connectivity index (χ3n) is 4.86. The lowest BCUT2D eigenvalue weighted by Crippen LogP contribution is -2.39. The molecule has 3 rings (SSSR count). The van der Waals surface area contributed by atoms with Crippen LogP contribution in [0.2, 0.25) is 0 Å². The summed E-state index contributed by atoms with van der Waals surface area (Å²) in [5.74, 6) is 0.622. The number of piperidine rings is 1. The van der Waals surface area contributed by atoms with E-state index in [4.69, 9.17) is 0 Å². The van der Waals surface area contributed by atoms with Gasteiger partial charge in [-0.15, -0.1) is 11.3 Å². The Labute approximate surface area is 141 Å². The van der Waals surface area contributed by atoms with Crippen LogP contribution in [-0.4, -0.2) is 44.6 Å². The number of likely N-dealkylation sites (tertiary alicyclic amines) is 1. The van der Waals surface area contributed by atoms with Crippen LogP contribution in [0.1, 0.15) is 53.6 Å². The number of hydrogen-bond acceptors (Lipinski definition) is 5.